The van der Waals surface area contributed by atoms with Crippen LogP contribution in [0.25, 0.3) is 0 Å². The Morgan fingerprint density at radius 1 is 1.45 bits per heavy atom. The molecule has 20 heavy (non-hydrogen) atoms. The zero-order valence-electron chi connectivity index (χ0n) is 11.3. The first-order valence-corrected chi connectivity index (χ1v) is 6.09. The lowest BCUT2D eigenvalue weighted by Gasteiger charge is -2.26. The fourth-order valence-corrected chi connectivity index (χ4v) is 1.70. The van der Waals surface area contributed by atoms with Gasteiger partial charge in [-0.2, -0.15) is 0 Å². The molecule has 0 unspecified atom stereocenters. The number of carbonyl (C=O) groups is 1. The number of amides is 1. The lowest BCUT2D eigenvalue weighted by molar-refractivity contribution is 0.0705. The summed E-state index contributed by atoms with van der Waals surface area (Å²) < 4.78 is 26.7. The monoisotopic (exact) mass is 285 g/mol. The first-order valence-electron chi connectivity index (χ1n) is 6.09. The third kappa shape index (κ3) is 3.91. The van der Waals surface area contributed by atoms with Crippen LogP contribution in [0.5, 0.6) is 0 Å². The molecule has 5 nitrogen and oxygen atoms in total. The molecule has 1 aromatic rings. The zero-order valence-corrected chi connectivity index (χ0v) is 11.3. The molecule has 1 rings (SSSR count). The average molecular weight is 285 g/mol. The summed E-state index contributed by atoms with van der Waals surface area (Å²) in [5.41, 5.74) is 5.01. The molecule has 0 radical (unpaired) electrons. The summed E-state index contributed by atoms with van der Waals surface area (Å²) in [6.45, 7) is 3.62. The Bertz CT molecular complexity index is 518. The maximum Gasteiger partial charge on any atom is 0.257 e. The number of carbonyl (C=O) groups excluding carboxylic acids is 1. The Morgan fingerprint density at radius 3 is 2.65 bits per heavy atom. The quantitative estimate of drug-likeness (QED) is 0.375. The fraction of sp³-hybridized carbons (Fsp3) is 0.385. The van der Waals surface area contributed by atoms with Crippen LogP contribution in [-0.4, -0.2) is 34.4 Å². The number of amidine groups is 1. The van der Waals surface area contributed by atoms with Crippen LogP contribution in [0, 0.1) is 11.6 Å². The predicted octanol–water partition coefficient (Wildman–Crippen LogP) is 1.95. The standard InChI is InChI=1S/C13H17F2N3O2/c1-8(2)18(6-5-12(16)17-20)13(19)10-7-9(14)3-4-11(10)15/h3-4,7-8,20H,5-6H2,1-2H3,(H2,16,17). The Balaban J connectivity index is 2.97. The van der Waals surface area contributed by atoms with Crippen LogP contribution < -0.4 is 5.73 Å². The van der Waals surface area contributed by atoms with Crippen molar-refractivity contribution in [2.24, 2.45) is 10.9 Å². The van der Waals surface area contributed by atoms with Gasteiger partial charge in [0.1, 0.15) is 17.5 Å². The van der Waals surface area contributed by atoms with Gasteiger partial charge in [0.2, 0.25) is 0 Å². The molecule has 0 saturated carbocycles. The Kier molecular flexibility index (Phi) is 5.42. The van der Waals surface area contributed by atoms with Crippen molar-refractivity contribution in [2.75, 3.05) is 6.54 Å². The minimum Gasteiger partial charge on any atom is -0.409 e. The molecule has 0 bridgehead atoms. The van der Waals surface area contributed by atoms with Crippen LogP contribution in [-0.2, 0) is 0 Å². The fourth-order valence-electron chi connectivity index (χ4n) is 1.70. The molecule has 0 fully saturated rings. The third-order valence-electron chi connectivity index (χ3n) is 2.78. The molecule has 0 aliphatic rings. The second-order valence-electron chi connectivity index (χ2n) is 4.56. The summed E-state index contributed by atoms with van der Waals surface area (Å²) in [4.78, 5) is 13.6. The molecular formula is C13H17F2N3O2. The van der Waals surface area contributed by atoms with E-state index in [-0.39, 0.29) is 30.4 Å². The normalized spacial score (nSPS) is 11.8. The molecule has 110 valence electrons. The summed E-state index contributed by atoms with van der Waals surface area (Å²) in [6.07, 6.45) is 0.136. The highest BCUT2D eigenvalue weighted by molar-refractivity contribution is 5.95. The van der Waals surface area contributed by atoms with E-state index in [9.17, 15) is 13.6 Å². The van der Waals surface area contributed by atoms with Crippen molar-refractivity contribution in [3.8, 4) is 0 Å². The van der Waals surface area contributed by atoms with Crippen LogP contribution in [0.4, 0.5) is 8.78 Å². The van der Waals surface area contributed by atoms with Gasteiger partial charge in [0, 0.05) is 19.0 Å². The first kappa shape index (κ1) is 15.9. The SMILES string of the molecule is CC(C)N(CCC(N)=NO)C(=O)c1cc(F)ccc1F. The van der Waals surface area contributed by atoms with Crippen LogP contribution in [0.1, 0.15) is 30.6 Å². The van der Waals surface area contributed by atoms with Gasteiger partial charge in [-0.3, -0.25) is 4.79 Å². The van der Waals surface area contributed by atoms with Crippen molar-refractivity contribution in [2.45, 2.75) is 26.3 Å². The van der Waals surface area contributed by atoms with E-state index in [1.807, 2.05) is 0 Å². The Labute approximate surface area is 115 Å². The van der Waals surface area contributed by atoms with E-state index in [0.29, 0.717) is 0 Å². The Morgan fingerprint density at radius 2 is 2.10 bits per heavy atom. The molecule has 0 spiro atoms. The van der Waals surface area contributed by atoms with Crippen molar-refractivity contribution in [1.82, 2.24) is 4.90 Å². The Hall–Kier alpha value is -2.18. The first-order chi connectivity index (χ1) is 9.36. The second-order valence-corrected chi connectivity index (χ2v) is 4.56. The van der Waals surface area contributed by atoms with Gasteiger partial charge in [-0.25, -0.2) is 8.78 Å². The van der Waals surface area contributed by atoms with Crippen molar-refractivity contribution in [1.29, 1.82) is 0 Å². The van der Waals surface area contributed by atoms with Gasteiger partial charge < -0.3 is 15.8 Å². The van der Waals surface area contributed by atoms with Gasteiger partial charge in [-0.15, -0.1) is 0 Å². The third-order valence-corrected chi connectivity index (χ3v) is 2.78. The molecule has 0 saturated heterocycles. The van der Waals surface area contributed by atoms with Crippen LogP contribution in [0.3, 0.4) is 0 Å². The highest BCUT2D eigenvalue weighted by atomic mass is 19.1. The molecule has 0 aliphatic heterocycles. The average Bonchev–Trinajstić information content (AvgIpc) is 2.40. The number of halogens is 2. The summed E-state index contributed by atoms with van der Waals surface area (Å²) >= 11 is 0. The minimum atomic E-state index is -0.786. The second kappa shape index (κ2) is 6.83. The smallest absolute Gasteiger partial charge is 0.257 e. The number of hydrogen-bond acceptors (Lipinski definition) is 3. The van der Waals surface area contributed by atoms with Crippen LogP contribution >= 0.6 is 0 Å². The lowest BCUT2D eigenvalue weighted by atomic mass is 10.1. The highest BCUT2D eigenvalue weighted by Gasteiger charge is 2.22. The number of rotatable bonds is 5. The summed E-state index contributed by atoms with van der Waals surface area (Å²) in [6, 6.07) is 2.47. The molecule has 7 heteroatoms. The topological polar surface area (TPSA) is 78.9 Å². The van der Waals surface area contributed by atoms with E-state index < -0.39 is 17.5 Å². The number of oxime groups is 1. The van der Waals surface area contributed by atoms with E-state index >= 15 is 0 Å². The summed E-state index contributed by atoms with van der Waals surface area (Å²) in [5.74, 6) is -2.15. The van der Waals surface area contributed by atoms with Crippen LogP contribution in [0.15, 0.2) is 23.4 Å². The van der Waals surface area contributed by atoms with Gasteiger partial charge in [0.15, 0.2) is 0 Å². The van der Waals surface area contributed by atoms with Crippen molar-refractivity contribution in [3.63, 3.8) is 0 Å². The van der Waals surface area contributed by atoms with Gasteiger partial charge in [-0.1, -0.05) is 5.16 Å². The molecular weight excluding hydrogens is 268 g/mol. The lowest BCUT2D eigenvalue weighted by Crippen LogP contribution is -2.39. The maximum absolute atomic E-state index is 13.6. The van der Waals surface area contributed by atoms with Gasteiger partial charge in [0.05, 0.1) is 5.56 Å². The van der Waals surface area contributed by atoms with Gasteiger partial charge >= 0.3 is 0 Å². The van der Waals surface area contributed by atoms with E-state index in [1.165, 1.54) is 4.90 Å². The van der Waals surface area contributed by atoms with Crippen molar-refractivity contribution < 1.29 is 18.8 Å². The molecule has 1 aromatic carbocycles. The van der Waals surface area contributed by atoms with E-state index in [2.05, 4.69) is 5.16 Å². The summed E-state index contributed by atoms with van der Waals surface area (Å²) in [7, 11) is 0. The maximum atomic E-state index is 13.6. The molecule has 0 aliphatic carbocycles. The van der Waals surface area contributed by atoms with E-state index in [0.717, 1.165) is 18.2 Å². The molecule has 0 aromatic heterocycles. The number of hydrogen-bond donors (Lipinski definition) is 2. The van der Waals surface area contributed by atoms with Gasteiger partial charge in [-0.05, 0) is 32.0 Å². The number of benzene rings is 1. The molecule has 3 N–H and O–H groups in total. The van der Waals surface area contributed by atoms with E-state index in [1.54, 1.807) is 13.8 Å². The highest BCUT2D eigenvalue weighted by Crippen LogP contribution is 2.14. The van der Waals surface area contributed by atoms with Gasteiger partial charge in [0.25, 0.3) is 5.91 Å². The van der Waals surface area contributed by atoms with Crippen molar-refractivity contribution >= 4 is 11.7 Å². The largest absolute Gasteiger partial charge is 0.409 e. The number of nitrogens with zero attached hydrogens (tertiary/aromatic N) is 2. The molecule has 0 heterocycles. The zero-order chi connectivity index (χ0) is 15.3. The van der Waals surface area contributed by atoms with Crippen LogP contribution in [0.2, 0.25) is 0 Å². The molecule has 1 amide bonds. The minimum absolute atomic E-state index is 0.0387. The molecule has 0 atom stereocenters. The number of nitrogens with two attached hydrogens (primary N) is 1. The van der Waals surface area contributed by atoms with Crippen molar-refractivity contribution in [3.05, 3.63) is 35.4 Å². The van der Waals surface area contributed by atoms with E-state index in [4.69, 9.17) is 10.9 Å². The predicted molar refractivity (Wildman–Crippen MR) is 70.6 cm³/mol. The summed E-state index contributed by atoms with van der Waals surface area (Å²) in [5, 5.41) is 11.3.